The Morgan fingerprint density at radius 2 is 1.84 bits per heavy atom. The molecule has 14 nitrogen and oxygen atoms in total. The Kier molecular flexibility index (Phi) is 11.2. The fourth-order valence-corrected chi connectivity index (χ4v) is 9.35. The molecule has 1 spiro atoms. The predicted molar refractivity (Wildman–Crippen MR) is 188 cm³/mol. The van der Waals surface area contributed by atoms with Gasteiger partial charge in [0, 0.05) is 63.3 Å². The molecule has 1 aromatic heterocycles. The minimum absolute atomic E-state index is 0.0849. The fourth-order valence-electron chi connectivity index (χ4n) is 7.89. The van der Waals surface area contributed by atoms with Crippen molar-refractivity contribution in [2.24, 2.45) is 5.41 Å². The summed E-state index contributed by atoms with van der Waals surface area (Å²) < 4.78 is 61.7. The summed E-state index contributed by atoms with van der Waals surface area (Å²) in [5.41, 5.74) is 0.226. The van der Waals surface area contributed by atoms with Crippen molar-refractivity contribution in [2.75, 3.05) is 64.4 Å². The van der Waals surface area contributed by atoms with E-state index >= 15 is 0 Å². The van der Waals surface area contributed by atoms with Gasteiger partial charge in [0.1, 0.15) is 17.9 Å². The molecule has 0 unspecified atom stereocenters. The molecule has 2 N–H and O–H groups in total. The Hall–Kier alpha value is -2.99. The van der Waals surface area contributed by atoms with Crippen molar-refractivity contribution in [3.8, 4) is 11.5 Å². The fraction of sp³-hybridized carbons (Fsp3) is 0.686. The second-order valence-electron chi connectivity index (χ2n) is 15.1. The van der Waals surface area contributed by atoms with E-state index in [1.54, 1.807) is 18.2 Å². The summed E-state index contributed by atoms with van der Waals surface area (Å²) in [7, 11) is -2.06. The highest BCUT2D eigenvalue weighted by molar-refractivity contribution is 7.87. The number of rotatable bonds is 12. The van der Waals surface area contributed by atoms with Crippen molar-refractivity contribution < 1.29 is 36.9 Å². The zero-order valence-corrected chi connectivity index (χ0v) is 31.1. The van der Waals surface area contributed by atoms with Crippen LogP contribution in [-0.2, 0) is 19.7 Å². The van der Waals surface area contributed by atoms with Crippen molar-refractivity contribution in [1.82, 2.24) is 28.8 Å². The minimum Gasteiger partial charge on any atom is -0.451 e. The van der Waals surface area contributed by atoms with Gasteiger partial charge < -0.3 is 29.1 Å². The largest absolute Gasteiger partial charge is 0.451 e. The standard InChI is InChI=1S/C35H52FN7O7S/c1-24(2)43(25(3)4)33(44)29-16-26(36)6-7-30(29)50-31-17-37-23-38-32(31)41-20-34(21-41)11-14-40(15-12-34)22-35(45)10-8-27(19-49-35)39-51(46,47)42-13-9-28(18-42)48-5/h6-7,16-17,23-25,27-28,39,45H,8-15,18-22H2,1-5H3/t27-,28-,35-/m1/s1. The van der Waals surface area contributed by atoms with E-state index in [1.165, 1.54) is 28.8 Å². The molecular formula is C35H52FN7O7S. The second kappa shape index (κ2) is 15.2. The van der Waals surface area contributed by atoms with E-state index in [0.29, 0.717) is 50.5 Å². The summed E-state index contributed by atoms with van der Waals surface area (Å²) in [4.78, 5) is 28.3. The van der Waals surface area contributed by atoms with Crippen LogP contribution >= 0.6 is 0 Å². The Labute approximate surface area is 300 Å². The number of hydrogen-bond acceptors (Lipinski definition) is 11. The van der Waals surface area contributed by atoms with Crippen molar-refractivity contribution in [3.05, 3.63) is 42.1 Å². The van der Waals surface area contributed by atoms with E-state index in [1.807, 2.05) is 27.7 Å². The highest BCUT2D eigenvalue weighted by atomic mass is 32.2. The van der Waals surface area contributed by atoms with Crippen LogP contribution in [0.15, 0.2) is 30.7 Å². The molecule has 3 atom stereocenters. The van der Waals surface area contributed by atoms with Crippen LogP contribution in [-0.4, -0.2) is 133 Å². The van der Waals surface area contributed by atoms with Gasteiger partial charge in [-0.2, -0.15) is 17.4 Å². The van der Waals surface area contributed by atoms with Gasteiger partial charge in [-0.3, -0.25) is 9.69 Å². The second-order valence-corrected chi connectivity index (χ2v) is 16.8. The van der Waals surface area contributed by atoms with Gasteiger partial charge in [-0.15, -0.1) is 0 Å². The molecule has 5 heterocycles. The molecule has 0 radical (unpaired) electrons. The first-order valence-corrected chi connectivity index (χ1v) is 19.4. The van der Waals surface area contributed by atoms with Crippen LogP contribution in [0, 0.1) is 11.2 Å². The van der Waals surface area contributed by atoms with Crippen LogP contribution in [0.5, 0.6) is 11.5 Å². The van der Waals surface area contributed by atoms with E-state index in [2.05, 4.69) is 24.5 Å². The maximum atomic E-state index is 14.4. The lowest BCUT2D eigenvalue weighted by Gasteiger charge is -2.55. The number of amides is 1. The Morgan fingerprint density at radius 3 is 2.47 bits per heavy atom. The first kappa shape index (κ1) is 37.8. The van der Waals surface area contributed by atoms with Crippen LogP contribution in [0.4, 0.5) is 10.2 Å². The topological polar surface area (TPSA) is 150 Å². The van der Waals surface area contributed by atoms with Gasteiger partial charge >= 0.3 is 0 Å². The first-order chi connectivity index (χ1) is 24.2. The van der Waals surface area contributed by atoms with E-state index in [-0.39, 0.29) is 47.4 Å². The van der Waals surface area contributed by atoms with Gasteiger partial charge in [0.2, 0.25) is 0 Å². The van der Waals surface area contributed by atoms with Crippen LogP contribution in [0.1, 0.15) is 70.2 Å². The number of β-amino-alcohol motifs (C(OH)–C–C–N with tert-alkyl or cyclic N) is 1. The van der Waals surface area contributed by atoms with Crippen LogP contribution in [0.3, 0.4) is 0 Å². The molecule has 16 heteroatoms. The molecule has 4 aliphatic heterocycles. The Balaban J connectivity index is 1.01. The normalized spacial score (nSPS) is 25.8. The average Bonchev–Trinajstić information content (AvgIpc) is 3.57. The number of likely N-dealkylation sites (tertiary alicyclic amines) is 1. The summed E-state index contributed by atoms with van der Waals surface area (Å²) in [5.74, 6) is -0.917. The highest BCUT2D eigenvalue weighted by Crippen LogP contribution is 2.45. The van der Waals surface area contributed by atoms with Crippen molar-refractivity contribution >= 4 is 21.9 Å². The molecule has 4 saturated heterocycles. The summed E-state index contributed by atoms with van der Waals surface area (Å²) in [6.45, 7) is 12.0. The maximum Gasteiger partial charge on any atom is 0.279 e. The monoisotopic (exact) mass is 733 g/mol. The van der Waals surface area contributed by atoms with Gasteiger partial charge in [-0.05, 0) is 84.7 Å². The lowest BCUT2D eigenvalue weighted by atomic mass is 9.72. The number of nitrogens with one attached hydrogen (secondary N) is 1. The third kappa shape index (κ3) is 8.47. The molecule has 1 aromatic carbocycles. The van der Waals surface area contributed by atoms with Crippen molar-refractivity contribution in [1.29, 1.82) is 0 Å². The SMILES string of the molecule is CO[C@@H]1CCN(S(=O)(=O)N[C@@H]2CC[C@](O)(CN3CCC4(CC3)CN(c3ncncc3Oc3ccc(F)cc3C(=O)N(C(C)C)C(C)C)C4)OC2)C1. The molecule has 51 heavy (non-hydrogen) atoms. The summed E-state index contributed by atoms with van der Waals surface area (Å²) in [5, 5.41) is 11.3. The van der Waals surface area contributed by atoms with E-state index < -0.39 is 27.9 Å². The number of nitrogens with zero attached hydrogens (tertiary/aromatic N) is 6. The average molecular weight is 734 g/mol. The predicted octanol–water partition coefficient (Wildman–Crippen LogP) is 2.99. The van der Waals surface area contributed by atoms with Crippen molar-refractivity contribution in [2.45, 2.75) is 89.8 Å². The Morgan fingerprint density at radius 1 is 1.12 bits per heavy atom. The van der Waals surface area contributed by atoms with Crippen LogP contribution < -0.4 is 14.4 Å². The van der Waals surface area contributed by atoms with Gasteiger partial charge in [0.15, 0.2) is 17.4 Å². The first-order valence-electron chi connectivity index (χ1n) is 17.9. The number of aromatic nitrogens is 2. The molecular weight excluding hydrogens is 681 g/mol. The van der Waals surface area contributed by atoms with Gasteiger partial charge in [0.25, 0.3) is 16.1 Å². The number of carbonyl (C=O) groups excluding carboxylic acids is 1. The molecule has 4 aliphatic rings. The van der Waals surface area contributed by atoms with E-state index in [9.17, 15) is 22.7 Å². The van der Waals surface area contributed by atoms with Crippen molar-refractivity contribution in [3.63, 3.8) is 0 Å². The highest BCUT2D eigenvalue weighted by Gasteiger charge is 2.47. The number of halogens is 1. The number of benzene rings is 1. The number of carbonyl (C=O) groups is 1. The third-order valence-electron chi connectivity index (χ3n) is 10.7. The number of aliphatic hydroxyl groups is 1. The van der Waals surface area contributed by atoms with E-state index in [4.69, 9.17) is 14.2 Å². The zero-order chi connectivity index (χ0) is 36.6. The summed E-state index contributed by atoms with van der Waals surface area (Å²) in [6.07, 6.45) is 6.29. The number of ether oxygens (including phenoxy) is 3. The van der Waals surface area contributed by atoms with Gasteiger partial charge in [0.05, 0.1) is 31.0 Å². The minimum atomic E-state index is -3.65. The number of piperidine rings is 1. The number of hydrogen-bond donors (Lipinski definition) is 2. The van der Waals surface area contributed by atoms with Crippen LogP contribution in [0.25, 0.3) is 0 Å². The molecule has 6 rings (SSSR count). The van der Waals surface area contributed by atoms with Crippen LogP contribution in [0.2, 0.25) is 0 Å². The molecule has 0 aliphatic carbocycles. The van der Waals surface area contributed by atoms with E-state index in [0.717, 1.165) is 39.0 Å². The molecule has 282 valence electrons. The van der Waals surface area contributed by atoms with Gasteiger partial charge in [-0.25, -0.2) is 14.4 Å². The molecule has 4 fully saturated rings. The quantitative estimate of drug-likeness (QED) is 0.332. The summed E-state index contributed by atoms with van der Waals surface area (Å²) >= 11 is 0. The zero-order valence-electron chi connectivity index (χ0n) is 30.3. The number of methoxy groups -OCH3 is 1. The molecule has 0 saturated carbocycles. The third-order valence-corrected chi connectivity index (χ3v) is 12.3. The Bertz CT molecular complexity index is 1630. The number of anilines is 1. The van der Waals surface area contributed by atoms with Gasteiger partial charge in [-0.1, -0.05) is 0 Å². The lowest BCUT2D eigenvalue weighted by Crippen LogP contribution is -2.62. The molecule has 0 bridgehead atoms. The maximum absolute atomic E-state index is 14.4. The smallest absolute Gasteiger partial charge is 0.279 e. The lowest BCUT2D eigenvalue weighted by molar-refractivity contribution is -0.239. The molecule has 2 aromatic rings. The summed E-state index contributed by atoms with van der Waals surface area (Å²) in [6, 6.07) is 3.39. The molecule has 1 amide bonds.